The lowest BCUT2D eigenvalue weighted by Gasteiger charge is -2.22. The number of aromatic nitrogens is 2. The van der Waals surface area contributed by atoms with Gasteiger partial charge in [-0.3, -0.25) is 0 Å². The number of para-hydroxylation sites is 1. The van der Waals surface area contributed by atoms with Crippen molar-refractivity contribution in [3.63, 3.8) is 0 Å². The van der Waals surface area contributed by atoms with E-state index in [1.807, 2.05) is 0 Å². The predicted molar refractivity (Wildman–Crippen MR) is 246 cm³/mol. The average Bonchev–Trinajstić information content (AvgIpc) is 3.87. The lowest BCUT2D eigenvalue weighted by Crippen LogP contribution is -2.15. The van der Waals surface area contributed by atoms with Crippen molar-refractivity contribution in [1.29, 1.82) is 0 Å². The zero-order valence-electron chi connectivity index (χ0n) is 33.9. The lowest BCUT2D eigenvalue weighted by atomic mass is 9.80. The minimum atomic E-state index is -0.134. The van der Waals surface area contributed by atoms with Crippen molar-refractivity contribution >= 4 is 43.6 Å². The maximum atomic E-state index is 2.46. The van der Waals surface area contributed by atoms with Gasteiger partial charge in [-0.25, -0.2) is 0 Å². The van der Waals surface area contributed by atoms with Crippen LogP contribution >= 0.6 is 0 Å². The molecule has 0 unspecified atom stereocenters. The molecule has 0 N–H and O–H groups in total. The van der Waals surface area contributed by atoms with Crippen LogP contribution in [-0.2, 0) is 24.9 Å². The molecule has 0 aliphatic heterocycles. The summed E-state index contributed by atoms with van der Waals surface area (Å²) >= 11 is 0. The molecule has 2 aliphatic carbocycles. The summed E-state index contributed by atoms with van der Waals surface area (Å²) in [5.41, 5.74) is 23.5. The first-order valence-electron chi connectivity index (χ1n) is 20.6. The highest BCUT2D eigenvalue weighted by Gasteiger charge is 2.37. The van der Waals surface area contributed by atoms with E-state index in [0.29, 0.717) is 0 Å². The molecule has 10 aromatic rings. The van der Waals surface area contributed by atoms with Crippen molar-refractivity contribution in [2.75, 3.05) is 0 Å². The SMILES string of the molecule is Cn1c2ccccc2c2cc(-c3ccc4c(c3)C(C)(C)c3cc(-c5ccc6c(c5)c5cc(-c7ccc8c(c7)C(C)(C)c7ccccc7-8)ccc5n6C)ccc3-4)ccc21. The number of hydrogen-bond acceptors (Lipinski definition) is 0. The smallest absolute Gasteiger partial charge is 0.0489 e. The molecule has 0 spiro atoms. The van der Waals surface area contributed by atoms with Gasteiger partial charge in [-0.2, -0.15) is 0 Å². The van der Waals surface area contributed by atoms with Crippen molar-refractivity contribution in [2.24, 2.45) is 14.1 Å². The van der Waals surface area contributed by atoms with E-state index in [1.54, 1.807) is 0 Å². The summed E-state index contributed by atoms with van der Waals surface area (Å²) in [6, 6.07) is 60.0. The zero-order valence-corrected chi connectivity index (χ0v) is 33.9. The van der Waals surface area contributed by atoms with Crippen LogP contribution in [0.3, 0.4) is 0 Å². The Bertz CT molecular complexity index is 3420. The first-order valence-corrected chi connectivity index (χ1v) is 20.6. The van der Waals surface area contributed by atoms with Crippen LogP contribution in [-0.4, -0.2) is 9.13 Å². The molecule has 0 fully saturated rings. The fourth-order valence-corrected chi connectivity index (χ4v) is 10.9. The van der Waals surface area contributed by atoms with Gasteiger partial charge in [-0.05, 0) is 139 Å². The molecule has 0 bridgehead atoms. The molecule has 0 atom stereocenters. The van der Waals surface area contributed by atoms with Crippen molar-refractivity contribution in [2.45, 2.75) is 38.5 Å². The molecule has 58 heavy (non-hydrogen) atoms. The van der Waals surface area contributed by atoms with Crippen LogP contribution in [0.4, 0.5) is 0 Å². The Morgan fingerprint density at radius 2 is 0.621 bits per heavy atom. The molecule has 12 rings (SSSR count). The second-order valence-corrected chi connectivity index (χ2v) is 17.9. The second kappa shape index (κ2) is 11.5. The lowest BCUT2D eigenvalue weighted by molar-refractivity contribution is 0.660. The normalized spacial score (nSPS) is 14.7. The summed E-state index contributed by atoms with van der Waals surface area (Å²) < 4.78 is 4.65. The van der Waals surface area contributed by atoms with Crippen LogP contribution in [0.1, 0.15) is 49.9 Å². The molecule has 2 heterocycles. The van der Waals surface area contributed by atoms with E-state index >= 15 is 0 Å². The third-order valence-electron chi connectivity index (χ3n) is 14.2. The number of hydrogen-bond donors (Lipinski definition) is 0. The van der Waals surface area contributed by atoms with Crippen LogP contribution in [0, 0.1) is 0 Å². The molecular weight excluding hydrogens is 701 g/mol. The summed E-state index contributed by atoms with van der Waals surface area (Å²) in [4.78, 5) is 0. The Hall–Kier alpha value is -6.64. The van der Waals surface area contributed by atoms with E-state index in [-0.39, 0.29) is 10.8 Å². The van der Waals surface area contributed by atoms with Gasteiger partial charge in [0.1, 0.15) is 0 Å². The topological polar surface area (TPSA) is 9.86 Å². The molecular formula is C56H44N2. The molecule has 0 radical (unpaired) electrons. The van der Waals surface area contributed by atoms with Crippen molar-refractivity contribution in [3.05, 3.63) is 180 Å². The average molecular weight is 745 g/mol. The Morgan fingerprint density at radius 3 is 1.10 bits per heavy atom. The minimum absolute atomic E-state index is 0.0264. The summed E-state index contributed by atoms with van der Waals surface area (Å²) in [6.45, 7) is 9.52. The third kappa shape index (κ3) is 4.43. The molecule has 2 aromatic heterocycles. The minimum Gasteiger partial charge on any atom is -0.344 e. The molecule has 2 nitrogen and oxygen atoms in total. The van der Waals surface area contributed by atoms with E-state index < -0.39 is 0 Å². The van der Waals surface area contributed by atoms with E-state index in [2.05, 4.69) is 209 Å². The van der Waals surface area contributed by atoms with Gasteiger partial charge in [-0.15, -0.1) is 0 Å². The van der Waals surface area contributed by atoms with E-state index in [1.165, 1.54) is 122 Å². The highest BCUT2D eigenvalue weighted by molar-refractivity contribution is 6.11. The molecule has 2 heteroatoms. The molecule has 0 amide bonds. The van der Waals surface area contributed by atoms with Gasteiger partial charge in [0.2, 0.25) is 0 Å². The van der Waals surface area contributed by atoms with Crippen LogP contribution in [0.5, 0.6) is 0 Å². The Kier molecular flexibility index (Phi) is 6.63. The van der Waals surface area contributed by atoms with E-state index in [4.69, 9.17) is 0 Å². The third-order valence-corrected chi connectivity index (χ3v) is 14.2. The number of aryl methyl sites for hydroxylation is 2. The summed E-state index contributed by atoms with van der Waals surface area (Å²) in [5.74, 6) is 0. The molecule has 0 saturated carbocycles. The fourth-order valence-electron chi connectivity index (χ4n) is 10.9. The Labute approximate surface area is 339 Å². The highest BCUT2D eigenvalue weighted by Crippen LogP contribution is 2.52. The first-order chi connectivity index (χ1) is 28.1. The second-order valence-electron chi connectivity index (χ2n) is 17.9. The predicted octanol–water partition coefficient (Wildman–Crippen LogP) is 14.6. The van der Waals surface area contributed by atoms with Crippen molar-refractivity contribution in [1.82, 2.24) is 9.13 Å². The Balaban J connectivity index is 0.917. The van der Waals surface area contributed by atoms with Gasteiger partial charge in [0, 0.05) is 68.5 Å². The highest BCUT2D eigenvalue weighted by atomic mass is 14.9. The van der Waals surface area contributed by atoms with Crippen LogP contribution in [0.25, 0.3) is 99.2 Å². The van der Waals surface area contributed by atoms with Crippen molar-refractivity contribution in [3.8, 4) is 55.6 Å². The first kappa shape index (κ1) is 33.5. The van der Waals surface area contributed by atoms with E-state index in [9.17, 15) is 0 Å². The number of nitrogens with zero attached hydrogens (tertiary/aromatic N) is 2. The van der Waals surface area contributed by atoms with Gasteiger partial charge in [-0.1, -0.05) is 125 Å². The number of fused-ring (bicyclic) bond motifs is 12. The quantitative estimate of drug-likeness (QED) is 0.170. The molecule has 8 aromatic carbocycles. The van der Waals surface area contributed by atoms with Crippen LogP contribution in [0.2, 0.25) is 0 Å². The zero-order chi connectivity index (χ0) is 39.2. The molecule has 278 valence electrons. The number of rotatable bonds is 3. The summed E-state index contributed by atoms with van der Waals surface area (Å²) in [6.07, 6.45) is 0. The van der Waals surface area contributed by atoms with Gasteiger partial charge in [0.15, 0.2) is 0 Å². The molecule has 2 aliphatic rings. The van der Waals surface area contributed by atoms with E-state index in [0.717, 1.165) is 0 Å². The van der Waals surface area contributed by atoms with Gasteiger partial charge in [0.05, 0.1) is 0 Å². The van der Waals surface area contributed by atoms with Gasteiger partial charge < -0.3 is 9.13 Å². The fraction of sp³-hybridized carbons (Fsp3) is 0.143. The van der Waals surface area contributed by atoms with Gasteiger partial charge in [0.25, 0.3) is 0 Å². The Morgan fingerprint density at radius 1 is 0.293 bits per heavy atom. The number of benzene rings is 8. The van der Waals surface area contributed by atoms with Crippen LogP contribution < -0.4 is 0 Å². The summed E-state index contributed by atoms with van der Waals surface area (Å²) in [5, 5.41) is 5.20. The largest absolute Gasteiger partial charge is 0.344 e. The molecule has 0 saturated heterocycles. The maximum Gasteiger partial charge on any atom is 0.0489 e. The van der Waals surface area contributed by atoms with Crippen LogP contribution in [0.15, 0.2) is 158 Å². The standard InChI is InChI=1S/C56H44N2/c1-55(2)47-13-9-7-11-39(47)40-21-15-36(30-48(40)55)34-19-25-53-45(28-34)46-29-35(20-26-54(46)58(53)6)38-17-23-42-41-22-16-37(31-49(41)56(3,4)50(42)32-38)33-18-24-52-44(27-33)43-12-8-10-14-51(43)57(52)5/h7-32H,1-6H3. The van der Waals surface area contributed by atoms with Gasteiger partial charge >= 0.3 is 0 Å². The monoisotopic (exact) mass is 744 g/mol. The summed E-state index contributed by atoms with van der Waals surface area (Å²) in [7, 11) is 4.36. The van der Waals surface area contributed by atoms with Crippen molar-refractivity contribution < 1.29 is 0 Å². The maximum absolute atomic E-state index is 2.46.